The maximum Gasteiger partial charge on any atom is 0.278 e. The molecule has 2 N–H and O–H groups in total. The maximum atomic E-state index is 13.4. The Bertz CT molecular complexity index is 1390. The van der Waals surface area contributed by atoms with Gasteiger partial charge in [0.2, 0.25) is 5.91 Å². The highest BCUT2D eigenvalue weighted by Gasteiger charge is 2.27. The number of fused-ring (bicyclic) bond motifs is 1. The third-order valence-corrected chi connectivity index (χ3v) is 6.83. The number of anilines is 1. The molecule has 2 aromatic heterocycles. The average molecular weight is 490 g/mol. The molecule has 0 saturated carbocycles. The lowest BCUT2D eigenvalue weighted by Gasteiger charge is -2.12. The number of hydrogen-bond donors (Lipinski definition) is 2. The van der Waals surface area contributed by atoms with Crippen LogP contribution in [0.15, 0.2) is 53.9 Å². The summed E-state index contributed by atoms with van der Waals surface area (Å²) in [5.41, 5.74) is 5.72. The molecule has 1 atom stereocenters. The van der Waals surface area contributed by atoms with Crippen molar-refractivity contribution in [3.8, 4) is 16.9 Å². The molecule has 5 rings (SSSR count). The lowest BCUT2D eigenvalue weighted by molar-refractivity contribution is -0.119. The summed E-state index contributed by atoms with van der Waals surface area (Å²) >= 11 is 1.35. The quantitative estimate of drug-likeness (QED) is 0.396. The minimum absolute atomic E-state index is 0.0744. The second-order valence-electron chi connectivity index (χ2n) is 8.55. The smallest absolute Gasteiger partial charge is 0.278 e. The zero-order valence-corrected chi connectivity index (χ0v) is 20.2. The number of halogens is 1. The van der Waals surface area contributed by atoms with Crippen LogP contribution >= 0.6 is 11.3 Å². The number of nitrogens with one attached hydrogen (secondary N) is 2. The number of rotatable bonds is 6. The molecule has 2 amide bonds. The number of aromatic nitrogens is 3. The van der Waals surface area contributed by atoms with Crippen LogP contribution in [-0.4, -0.2) is 26.6 Å². The van der Waals surface area contributed by atoms with E-state index in [4.69, 9.17) is 0 Å². The molecule has 0 fully saturated rings. The van der Waals surface area contributed by atoms with E-state index in [0.717, 1.165) is 53.0 Å². The fraction of sp³-hybridized carbons (Fsp3) is 0.231. The van der Waals surface area contributed by atoms with Gasteiger partial charge in [-0.05, 0) is 56.0 Å². The number of nitrogens with zero attached hydrogens (tertiary/aromatic N) is 3. The predicted octanol–water partition coefficient (Wildman–Crippen LogP) is 5.07. The predicted molar refractivity (Wildman–Crippen MR) is 133 cm³/mol. The van der Waals surface area contributed by atoms with E-state index in [1.807, 2.05) is 36.6 Å². The monoisotopic (exact) mass is 489 g/mol. The summed E-state index contributed by atoms with van der Waals surface area (Å²) < 4.78 is 15.1. The summed E-state index contributed by atoms with van der Waals surface area (Å²) in [6.07, 6.45) is 2.56. The van der Waals surface area contributed by atoms with Gasteiger partial charge in [0.25, 0.3) is 5.91 Å². The first kappa shape index (κ1) is 22.9. The van der Waals surface area contributed by atoms with Gasteiger partial charge in [-0.2, -0.15) is 5.10 Å². The largest absolute Gasteiger partial charge is 0.350 e. The molecule has 1 aliphatic carbocycles. The Morgan fingerprint density at radius 2 is 1.83 bits per heavy atom. The zero-order valence-electron chi connectivity index (χ0n) is 19.3. The van der Waals surface area contributed by atoms with Gasteiger partial charge in [0.1, 0.15) is 5.82 Å². The fourth-order valence-electron chi connectivity index (χ4n) is 4.37. The van der Waals surface area contributed by atoms with E-state index in [-0.39, 0.29) is 23.7 Å². The van der Waals surface area contributed by atoms with E-state index >= 15 is 0 Å². The lowest BCUT2D eigenvalue weighted by atomic mass is 10.1. The number of carbonyl (C=O) groups is 2. The van der Waals surface area contributed by atoms with Gasteiger partial charge in [0, 0.05) is 29.1 Å². The van der Waals surface area contributed by atoms with E-state index < -0.39 is 0 Å². The molecule has 0 bridgehead atoms. The van der Waals surface area contributed by atoms with Crippen molar-refractivity contribution in [1.29, 1.82) is 0 Å². The lowest BCUT2D eigenvalue weighted by Crippen LogP contribution is -2.23. The van der Waals surface area contributed by atoms with Crippen LogP contribution < -0.4 is 10.6 Å². The third-order valence-electron chi connectivity index (χ3n) is 6.07. The van der Waals surface area contributed by atoms with Gasteiger partial charge < -0.3 is 5.32 Å². The number of benzene rings is 2. The Hall–Kier alpha value is -3.85. The number of hydrogen-bond acceptors (Lipinski definition) is 5. The summed E-state index contributed by atoms with van der Waals surface area (Å²) in [5, 5.41) is 12.7. The van der Waals surface area contributed by atoms with Crippen molar-refractivity contribution in [1.82, 2.24) is 20.1 Å². The van der Waals surface area contributed by atoms with Crippen LogP contribution in [0.5, 0.6) is 0 Å². The van der Waals surface area contributed by atoms with Gasteiger partial charge in [-0.1, -0.05) is 24.3 Å². The first-order valence-electron chi connectivity index (χ1n) is 11.4. The van der Waals surface area contributed by atoms with Crippen molar-refractivity contribution in [3.05, 3.63) is 82.2 Å². The van der Waals surface area contributed by atoms with Gasteiger partial charge in [-0.15, -0.1) is 11.3 Å². The van der Waals surface area contributed by atoms with Crippen LogP contribution in [0.25, 0.3) is 16.9 Å². The van der Waals surface area contributed by atoms with Gasteiger partial charge in [-0.3, -0.25) is 14.9 Å². The summed E-state index contributed by atoms with van der Waals surface area (Å²) in [6, 6.07) is 13.8. The van der Waals surface area contributed by atoms with E-state index in [2.05, 4.69) is 20.7 Å². The number of amides is 2. The molecule has 0 aliphatic heterocycles. The molecule has 2 heterocycles. The van der Waals surface area contributed by atoms with Crippen LogP contribution in [0.2, 0.25) is 0 Å². The van der Waals surface area contributed by atoms with Crippen molar-refractivity contribution in [2.24, 2.45) is 0 Å². The number of thiazole rings is 1. The summed E-state index contributed by atoms with van der Waals surface area (Å²) in [5.74, 6) is -0.689. The second kappa shape index (κ2) is 9.42. The summed E-state index contributed by atoms with van der Waals surface area (Å²) in [4.78, 5) is 29.0. The molecular formula is C26H24FN5O2S. The van der Waals surface area contributed by atoms with Gasteiger partial charge in [0.15, 0.2) is 10.8 Å². The second-order valence-corrected chi connectivity index (χ2v) is 9.41. The SMILES string of the molecule is CC(=O)NC(C)c1ccc(-c2csc(NC(=O)c3nn(-c4ccc(F)cc4)c4c3CCC4)n2)cc1. The van der Waals surface area contributed by atoms with Crippen molar-refractivity contribution < 1.29 is 14.0 Å². The molecule has 0 saturated heterocycles. The average Bonchev–Trinajstić information content (AvgIpc) is 3.56. The molecule has 0 spiro atoms. The van der Waals surface area contributed by atoms with Crippen LogP contribution in [-0.2, 0) is 17.6 Å². The third kappa shape index (κ3) is 4.72. The normalized spacial score (nSPS) is 13.3. The first-order valence-corrected chi connectivity index (χ1v) is 12.3. The van der Waals surface area contributed by atoms with E-state index in [9.17, 15) is 14.0 Å². The van der Waals surface area contributed by atoms with Gasteiger partial charge in [0.05, 0.1) is 17.4 Å². The van der Waals surface area contributed by atoms with E-state index in [1.54, 1.807) is 16.8 Å². The zero-order chi connectivity index (χ0) is 24.5. The molecule has 9 heteroatoms. The fourth-order valence-corrected chi connectivity index (χ4v) is 5.08. The standard InChI is InChI=1S/C26H24FN5O2S/c1-15(28-16(2)33)17-6-8-18(9-7-17)22-14-35-26(29-22)30-25(34)24-21-4-3-5-23(21)32(31-24)20-12-10-19(27)11-13-20/h6-15H,3-5H2,1-2H3,(H,28,33)(H,29,30,34). The van der Waals surface area contributed by atoms with E-state index in [0.29, 0.717) is 10.8 Å². The highest BCUT2D eigenvalue weighted by Crippen LogP contribution is 2.30. The summed E-state index contributed by atoms with van der Waals surface area (Å²) in [7, 11) is 0. The highest BCUT2D eigenvalue weighted by molar-refractivity contribution is 7.14. The number of carbonyl (C=O) groups excluding carboxylic acids is 2. The minimum atomic E-state index is -0.313. The Kier molecular flexibility index (Phi) is 6.17. The molecule has 1 aliphatic rings. The van der Waals surface area contributed by atoms with Crippen molar-refractivity contribution in [2.45, 2.75) is 39.2 Å². The van der Waals surface area contributed by atoms with Gasteiger partial charge >= 0.3 is 0 Å². The van der Waals surface area contributed by atoms with Crippen LogP contribution in [0, 0.1) is 5.82 Å². The van der Waals surface area contributed by atoms with Gasteiger partial charge in [-0.25, -0.2) is 14.1 Å². The van der Waals surface area contributed by atoms with Crippen molar-refractivity contribution in [2.75, 3.05) is 5.32 Å². The topological polar surface area (TPSA) is 88.9 Å². The van der Waals surface area contributed by atoms with E-state index in [1.165, 1.54) is 30.4 Å². The molecule has 1 unspecified atom stereocenters. The summed E-state index contributed by atoms with van der Waals surface area (Å²) in [6.45, 7) is 3.43. The first-order chi connectivity index (χ1) is 16.9. The maximum absolute atomic E-state index is 13.4. The molecule has 2 aromatic carbocycles. The Labute approximate surface area is 206 Å². The van der Waals surface area contributed by atoms with Crippen molar-refractivity contribution in [3.63, 3.8) is 0 Å². The highest BCUT2D eigenvalue weighted by atomic mass is 32.1. The minimum Gasteiger partial charge on any atom is -0.350 e. The van der Waals surface area contributed by atoms with Crippen LogP contribution in [0.3, 0.4) is 0 Å². The van der Waals surface area contributed by atoms with Crippen molar-refractivity contribution >= 4 is 28.3 Å². The van der Waals surface area contributed by atoms with Crippen LogP contribution in [0.1, 0.15) is 53.6 Å². The molecule has 35 heavy (non-hydrogen) atoms. The Balaban J connectivity index is 1.33. The Morgan fingerprint density at radius 1 is 1.09 bits per heavy atom. The molecule has 7 nitrogen and oxygen atoms in total. The van der Waals surface area contributed by atoms with Crippen LogP contribution in [0.4, 0.5) is 9.52 Å². The molecule has 4 aromatic rings. The molecular weight excluding hydrogens is 465 g/mol. The molecule has 0 radical (unpaired) electrons. The Morgan fingerprint density at radius 3 is 2.54 bits per heavy atom. The molecule has 178 valence electrons.